The van der Waals surface area contributed by atoms with E-state index < -0.39 is 0 Å². The van der Waals surface area contributed by atoms with Crippen LogP contribution in [0.4, 0.5) is 0 Å². The van der Waals surface area contributed by atoms with Crippen LogP contribution < -0.4 is 0 Å². The van der Waals surface area contributed by atoms with Gasteiger partial charge in [-0.2, -0.15) is 0 Å². The Balaban J connectivity index is 1.90. The van der Waals surface area contributed by atoms with Crippen LogP contribution in [0.15, 0.2) is 60.7 Å². The van der Waals surface area contributed by atoms with Gasteiger partial charge in [-0.3, -0.25) is 0 Å². The molecule has 3 aromatic rings. The molecule has 0 amide bonds. The highest BCUT2D eigenvalue weighted by Gasteiger charge is 2.09. The Kier molecular flexibility index (Phi) is 4.29. The fourth-order valence-electron chi connectivity index (χ4n) is 2.57. The van der Waals surface area contributed by atoms with Crippen LogP contribution in [-0.4, -0.2) is 9.97 Å². The summed E-state index contributed by atoms with van der Waals surface area (Å²) < 4.78 is 0. The Labute approximate surface area is 131 Å². The van der Waals surface area contributed by atoms with E-state index in [1.54, 1.807) is 0 Å². The van der Waals surface area contributed by atoms with Gasteiger partial charge in [-0.15, -0.1) is 0 Å². The first kappa shape index (κ1) is 14.5. The molecule has 0 radical (unpaired) electrons. The van der Waals surface area contributed by atoms with Crippen molar-refractivity contribution < 1.29 is 0 Å². The third-order valence-corrected chi connectivity index (χ3v) is 3.96. The van der Waals surface area contributed by atoms with Gasteiger partial charge in [-0.05, 0) is 30.5 Å². The van der Waals surface area contributed by atoms with Crippen molar-refractivity contribution in [3.05, 3.63) is 94.6 Å². The van der Waals surface area contributed by atoms with Crippen LogP contribution in [0.5, 0.6) is 0 Å². The van der Waals surface area contributed by atoms with Crippen LogP contribution in [0.3, 0.4) is 0 Å². The number of aromatic nitrogens is 2. The molecule has 0 atom stereocenters. The smallest absolute Gasteiger partial charge is 0.133 e. The lowest BCUT2D eigenvalue weighted by atomic mass is 10.0. The fraction of sp³-hybridized carbons (Fsp3) is 0.200. The van der Waals surface area contributed by atoms with Crippen LogP contribution in [0.25, 0.3) is 0 Å². The second-order valence-electron chi connectivity index (χ2n) is 5.62. The fourth-order valence-corrected chi connectivity index (χ4v) is 2.57. The number of hydrogen-bond acceptors (Lipinski definition) is 2. The molecular formula is C20H20N2. The molecule has 0 saturated carbocycles. The quantitative estimate of drug-likeness (QED) is 0.716. The molecule has 2 nitrogen and oxygen atoms in total. The van der Waals surface area contributed by atoms with Gasteiger partial charge in [0.25, 0.3) is 0 Å². The van der Waals surface area contributed by atoms with E-state index in [1.165, 1.54) is 16.7 Å². The van der Waals surface area contributed by atoms with Gasteiger partial charge in [-0.25, -0.2) is 9.97 Å². The van der Waals surface area contributed by atoms with Gasteiger partial charge in [0.05, 0.1) is 5.69 Å². The summed E-state index contributed by atoms with van der Waals surface area (Å²) in [5, 5.41) is 0. The van der Waals surface area contributed by atoms with E-state index in [4.69, 9.17) is 4.98 Å². The van der Waals surface area contributed by atoms with Gasteiger partial charge in [-0.1, -0.05) is 60.7 Å². The van der Waals surface area contributed by atoms with E-state index in [0.717, 1.165) is 30.1 Å². The molecule has 0 aliphatic heterocycles. The summed E-state index contributed by atoms with van der Waals surface area (Å²) in [5.41, 5.74) is 5.93. The Morgan fingerprint density at radius 1 is 0.682 bits per heavy atom. The molecular weight excluding hydrogens is 268 g/mol. The average molecular weight is 288 g/mol. The first-order chi connectivity index (χ1) is 10.7. The van der Waals surface area contributed by atoms with Crippen molar-refractivity contribution in [2.75, 3.05) is 0 Å². The molecule has 0 aliphatic carbocycles. The number of hydrogen-bond donors (Lipinski definition) is 0. The molecule has 0 unspecified atom stereocenters. The lowest BCUT2D eigenvalue weighted by Gasteiger charge is -2.11. The Morgan fingerprint density at radius 3 is 1.82 bits per heavy atom. The minimum absolute atomic E-state index is 0.781. The SMILES string of the molecule is Cc1nc(Cc2ccccc2)nc(Cc2ccccc2)c1C. The number of nitrogens with zero attached hydrogens (tertiary/aromatic N) is 2. The van der Waals surface area contributed by atoms with Gasteiger partial charge in [0, 0.05) is 18.5 Å². The molecule has 2 aromatic carbocycles. The Hall–Kier alpha value is -2.48. The van der Waals surface area contributed by atoms with E-state index in [2.05, 4.69) is 67.4 Å². The van der Waals surface area contributed by atoms with Crippen LogP contribution in [0, 0.1) is 13.8 Å². The van der Waals surface area contributed by atoms with Crippen molar-refractivity contribution in [3.63, 3.8) is 0 Å². The van der Waals surface area contributed by atoms with E-state index in [9.17, 15) is 0 Å². The average Bonchev–Trinajstić information content (AvgIpc) is 2.54. The second kappa shape index (κ2) is 6.52. The van der Waals surface area contributed by atoms with Crippen molar-refractivity contribution in [2.45, 2.75) is 26.7 Å². The molecule has 0 N–H and O–H groups in total. The molecule has 0 fully saturated rings. The van der Waals surface area contributed by atoms with Gasteiger partial charge < -0.3 is 0 Å². The van der Waals surface area contributed by atoms with Crippen molar-refractivity contribution in [2.24, 2.45) is 0 Å². The number of benzene rings is 2. The van der Waals surface area contributed by atoms with Crippen molar-refractivity contribution >= 4 is 0 Å². The van der Waals surface area contributed by atoms with Crippen LogP contribution in [0.2, 0.25) is 0 Å². The standard InChI is InChI=1S/C20H20N2/c1-15-16(2)21-20(14-18-11-7-4-8-12-18)22-19(15)13-17-9-5-3-6-10-17/h3-12H,13-14H2,1-2H3. The topological polar surface area (TPSA) is 25.8 Å². The molecule has 3 rings (SSSR count). The van der Waals surface area contributed by atoms with E-state index >= 15 is 0 Å². The van der Waals surface area contributed by atoms with Gasteiger partial charge in [0.1, 0.15) is 5.82 Å². The summed E-state index contributed by atoms with van der Waals surface area (Å²) in [6.07, 6.45) is 1.64. The molecule has 1 heterocycles. The zero-order valence-corrected chi connectivity index (χ0v) is 13.1. The van der Waals surface area contributed by atoms with E-state index in [1.807, 2.05) is 12.1 Å². The molecule has 22 heavy (non-hydrogen) atoms. The molecule has 1 aromatic heterocycles. The maximum Gasteiger partial charge on any atom is 0.133 e. The third kappa shape index (κ3) is 3.40. The molecule has 0 aliphatic rings. The van der Waals surface area contributed by atoms with Crippen molar-refractivity contribution in [1.29, 1.82) is 0 Å². The zero-order chi connectivity index (χ0) is 15.4. The maximum absolute atomic E-state index is 4.81. The maximum atomic E-state index is 4.81. The molecule has 110 valence electrons. The Morgan fingerprint density at radius 2 is 1.23 bits per heavy atom. The third-order valence-electron chi connectivity index (χ3n) is 3.96. The highest BCUT2D eigenvalue weighted by Crippen LogP contribution is 2.16. The first-order valence-electron chi connectivity index (χ1n) is 7.63. The monoisotopic (exact) mass is 288 g/mol. The minimum Gasteiger partial charge on any atom is -0.238 e. The summed E-state index contributed by atoms with van der Waals surface area (Å²) in [4.78, 5) is 9.47. The highest BCUT2D eigenvalue weighted by atomic mass is 14.9. The first-order valence-corrected chi connectivity index (χ1v) is 7.63. The summed E-state index contributed by atoms with van der Waals surface area (Å²) >= 11 is 0. The van der Waals surface area contributed by atoms with E-state index in [0.29, 0.717) is 0 Å². The van der Waals surface area contributed by atoms with Crippen LogP contribution in [-0.2, 0) is 12.8 Å². The lowest BCUT2D eigenvalue weighted by molar-refractivity contribution is 0.877. The van der Waals surface area contributed by atoms with Gasteiger partial charge >= 0.3 is 0 Å². The largest absolute Gasteiger partial charge is 0.238 e. The minimum atomic E-state index is 0.781. The summed E-state index contributed by atoms with van der Waals surface area (Å²) in [6, 6.07) is 20.9. The lowest BCUT2D eigenvalue weighted by Crippen LogP contribution is -2.06. The van der Waals surface area contributed by atoms with Crippen molar-refractivity contribution in [1.82, 2.24) is 9.97 Å². The predicted molar refractivity (Wildman–Crippen MR) is 90.0 cm³/mol. The van der Waals surface area contributed by atoms with Crippen LogP contribution >= 0.6 is 0 Å². The number of aryl methyl sites for hydroxylation is 1. The highest BCUT2D eigenvalue weighted by molar-refractivity contribution is 5.30. The predicted octanol–water partition coefficient (Wildman–Crippen LogP) is 4.28. The zero-order valence-electron chi connectivity index (χ0n) is 13.1. The summed E-state index contributed by atoms with van der Waals surface area (Å²) in [6.45, 7) is 4.18. The molecule has 0 saturated heterocycles. The summed E-state index contributed by atoms with van der Waals surface area (Å²) in [5.74, 6) is 0.903. The van der Waals surface area contributed by atoms with Gasteiger partial charge in [0.15, 0.2) is 0 Å². The van der Waals surface area contributed by atoms with Crippen LogP contribution in [0.1, 0.15) is 33.9 Å². The summed E-state index contributed by atoms with van der Waals surface area (Å²) in [7, 11) is 0. The second-order valence-corrected chi connectivity index (χ2v) is 5.62. The number of rotatable bonds is 4. The molecule has 0 bridgehead atoms. The van der Waals surface area contributed by atoms with Crippen molar-refractivity contribution in [3.8, 4) is 0 Å². The molecule has 2 heteroatoms. The van der Waals surface area contributed by atoms with Gasteiger partial charge in [0.2, 0.25) is 0 Å². The molecule has 0 spiro atoms. The normalized spacial score (nSPS) is 10.6. The van der Waals surface area contributed by atoms with E-state index in [-0.39, 0.29) is 0 Å². The Bertz CT molecular complexity index is 749.